The summed E-state index contributed by atoms with van der Waals surface area (Å²) in [5.41, 5.74) is 2.53. The predicted octanol–water partition coefficient (Wildman–Crippen LogP) is 2.52. The Hall–Kier alpha value is -2.16. The fourth-order valence-electron chi connectivity index (χ4n) is 3.64. The minimum atomic E-state index is -0.164. The molecule has 2 aromatic heterocycles. The molecule has 3 aromatic rings. The monoisotopic (exact) mass is 439 g/mol. The molecule has 1 aliphatic rings. The second-order valence-electron chi connectivity index (χ2n) is 6.97. The third-order valence-corrected chi connectivity index (χ3v) is 5.12. The number of benzene rings is 1. The number of carbonyl (C=O) groups is 1. The van der Waals surface area contributed by atoms with Gasteiger partial charge in [-0.2, -0.15) is 0 Å². The van der Waals surface area contributed by atoms with Gasteiger partial charge >= 0.3 is 0 Å². The normalized spacial score (nSPS) is 14.2. The highest BCUT2D eigenvalue weighted by Crippen LogP contribution is 2.17. The highest BCUT2D eigenvalue weighted by Gasteiger charge is 2.18. The van der Waals surface area contributed by atoms with Crippen LogP contribution >= 0.6 is 24.8 Å². The maximum atomic E-state index is 12.3. The van der Waals surface area contributed by atoms with Crippen molar-refractivity contribution in [1.82, 2.24) is 35.2 Å². The van der Waals surface area contributed by atoms with E-state index in [9.17, 15) is 4.79 Å². The van der Waals surface area contributed by atoms with E-state index >= 15 is 0 Å². The predicted molar refractivity (Wildman–Crippen MR) is 117 cm³/mol. The van der Waals surface area contributed by atoms with Gasteiger partial charge < -0.3 is 15.2 Å². The van der Waals surface area contributed by atoms with Gasteiger partial charge in [0.05, 0.1) is 23.3 Å². The van der Waals surface area contributed by atoms with E-state index in [-0.39, 0.29) is 30.7 Å². The molecule has 29 heavy (non-hydrogen) atoms. The standard InChI is InChI=1S/C19H25N7O.2ClH/c1-14-22-16-5-2-3-6-18(16)25(14)12-4-9-21-19(27)17-13-26(24-23-17)15-7-10-20-11-8-15;;/h2-3,5-6,13,15,20H,4,7-12H2,1H3,(H,21,27);2*1H. The molecule has 0 bridgehead atoms. The maximum Gasteiger partial charge on any atom is 0.273 e. The summed E-state index contributed by atoms with van der Waals surface area (Å²) < 4.78 is 4.02. The summed E-state index contributed by atoms with van der Waals surface area (Å²) in [6.07, 6.45) is 4.62. The summed E-state index contributed by atoms with van der Waals surface area (Å²) in [5.74, 6) is 0.829. The Morgan fingerprint density at radius 2 is 2.00 bits per heavy atom. The lowest BCUT2D eigenvalue weighted by atomic mass is 10.1. The van der Waals surface area contributed by atoms with Crippen LogP contribution in [0.5, 0.6) is 0 Å². The molecule has 0 atom stereocenters. The number of nitrogens with zero attached hydrogens (tertiary/aromatic N) is 5. The van der Waals surface area contributed by atoms with Crippen LogP contribution in [0.4, 0.5) is 0 Å². The van der Waals surface area contributed by atoms with Crippen LogP contribution in [-0.2, 0) is 6.54 Å². The van der Waals surface area contributed by atoms with E-state index < -0.39 is 0 Å². The molecule has 1 aliphatic heterocycles. The molecule has 1 aromatic carbocycles. The van der Waals surface area contributed by atoms with Crippen molar-refractivity contribution in [3.05, 3.63) is 42.0 Å². The Morgan fingerprint density at radius 1 is 1.24 bits per heavy atom. The SMILES string of the molecule is Cc1nc2ccccc2n1CCCNC(=O)c1cn(C2CCNCC2)nn1.Cl.Cl. The Kier molecular flexibility index (Phi) is 8.43. The van der Waals surface area contributed by atoms with Crippen LogP contribution in [0, 0.1) is 6.92 Å². The number of imidazole rings is 1. The Morgan fingerprint density at radius 3 is 2.79 bits per heavy atom. The molecular weight excluding hydrogens is 413 g/mol. The number of carbonyl (C=O) groups excluding carboxylic acids is 1. The van der Waals surface area contributed by atoms with Crippen LogP contribution in [-0.4, -0.2) is 50.1 Å². The van der Waals surface area contributed by atoms with E-state index in [4.69, 9.17) is 0 Å². The number of para-hydroxylation sites is 2. The van der Waals surface area contributed by atoms with Gasteiger partial charge in [-0.3, -0.25) is 4.79 Å². The second kappa shape index (κ2) is 10.6. The van der Waals surface area contributed by atoms with E-state index in [2.05, 4.69) is 36.6 Å². The largest absolute Gasteiger partial charge is 0.351 e. The van der Waals surface area contributed by atoms with Crippen LogP contribution in [0.3, 0.4) is 0 Å². The van der Waals surface area contributed by atoms with Gasteiger partial charge in [-0.1, -0.05) is 17.3 Å². The van der Waals surface area contributed by atoms with Crippen LogP contribution in [0.25, 0.3) is 11.0 Å². The molecule has 0 saturated carbocycles. The van der Waals surface area contributed by atoms with Gasteiger partial charge in [-0.25, -0.2) is 9.67 Å². The quantitative estimate of drug-likeness (QED) is 0.575. The van der Waals surface area contributed by atoms with Crippen LogP contribution in [0.15, 0.2) is 30.5 Å². The number of rotatable bonds is 6. The molecule has 2 N–H and O–H groups in total. The number of aryl methyl sites for hydroxylation is 2. The first-order chi connectivity index (χ1) is 13.2. The number of nitrogens with one attached hydrogen (secondary N) is 2. The van der Waals surface area contributed by atoms with Crippen molar-refractivity contribution in [3.8, 4) is 0 Å². The zero-order valence-electron chi connectivity index (χ0n) is 16.4. The molecule has 1 saturated heterocycles. The first kappa shape index (κ1) is 23.1. The molecule has 1 amide bonds. The molecule has 0 aliphatic carbocycles. The summed E-state index contributed by atoms with van der Waals surface area (Å²) in [6, 6.07) is 8.45. The summed E-state index contributed by atoms with van der Waals surface area (Å²) in [7, 11) is 0. The average Bonchev–Trinajstić information content (AvgIpc) is 3.31. The number of hydrogen-bond donors (Lipinski definition) is 2. The second-order valence-corrected chi connectivity index (χ2v) is 6.97. The van der Waals surface area contributed by atoms with Gasteiger partial charge in [0.25, 0.3) is 5.91 Å². The molecule has 4 rings (SSSR count). The third-order valence-electron chi connectivity index (χ3n) is 5.12. The van der Waals surface area contributed by atoms with Crippen molar-refractivity contribution in [3.63, 3.8) is 0 Å². The minimum Gasteiger partial charge on any atom is -0.351 e. The maximum absolute atomic E-state index is 12.3. The van der Waals surface area contributed by atoms with Crippen LogP contribution in [0.2, 0.25) is 0 Å². The van der Waals surface area contributed by atoms with Crippen molar-refractivity contribution in [2.45, 2.75) is 38.8 Å². The summed E-state index contributed by atoms with van der Waals surface area (Å²) in [6.45, 7) is 5.37. The fraction of sp³-hybridized carbons (Fsp3) is 0.474. The molecule has 8 nitrogen and oxygen atoms in total. The van der Waals surface area contributed by atoms with E-state index in [1.807, 2.05) is 29.8 Å². The van der Waals surface area contributed by atoms with Gasteiger partial charge in [0.2, 0.25) is 0 Å². The number of halogens is 2. The van der Waals surface area contributed by atoms with Gasteiger partial charge in [0.1, 0.15) is 5.82 Å². The minimum absolute atomic E-state index is 0. The lowest BCUT2D eigenvalue weighted by Crippen LogP contribution is -2.29. The topological polar surface area (TPSA) is 89.7 Å². The first-order valence-corrected chi connectivity index (χ1v) is 9.55. The highest BCUT2D eigenvalue weighted by atomic mass is 35.5. The third kappa shape index (κ3) is 5.26. The van der Waals surface area contributed by atoms with E-state index in [1.165, 1.54) is 0 Å². The van der Waals surface area contributed by atoms with Gasteiger partial charge in [-0.05, 0) is 51.4 Å². The van der Waals surface area contributed by atoms with Crippen LogP contribution < -0.4 is 10.6 Å². The zero-order valence-corrected chi connectivity index (χ0v) is 18.0. The van der Waals surface area contributed by atoms with Gasteiger partial charge in [0, 0.05) is 13.1 Å². The molecule has 0 spiro atoms. The fourth-order valence-corrected chi connectivity index (χ4v) is 3.64. The average molecular weight is 440 g/mol. The summed E-state index contributed by atoms with van der Waals surface area (Å²) >= 11 is 0. The molecule has 0 radical (unpaired) electrons. The lowest BCUT2D eigenvalue weighted by Gasteiger charge is -2.22. The van der Waals surface area contributed by atoms with E-state index in [1.54, 1.807) is 6.20 Å². The molecule has 0 unspecified atom stereocenters. The Balaban J connectivity index is 0.00000150. The van der Waals surface area contributed by atoms with Crippen molar-refractivity contribution >= 4 is 41.8 Å². The highest BCUT2D eigenvalue weighted by molar-refractivity contribution is 5.91. The van der Waals surface area contributed by atoms with E-state index in [0.717, 1.165) is 55.8 Å². The number of fused-ring (bicyclic) bond motifs is 1. The van der Waals surface area contributed by atoms with Crippen molar-refractivity contribution in [2.75, 3.05) is 19.6 Å². The molecule has 1 fully saturated rings. The summed E-state index contributed by atoms with van der Waals surface area (Å²) in [4.78, 5) is 16.9. The van der Waals surface area contributed by atoms with Gasteiger partial charge in [-0.15, -0.1) is 29.9 Å². The number of hydrogen-bond acceptors (Lipinski definition) is 5. The Bertz CT molecular complexity index is 934. The van der Waals surface area contributed by atoms with E-state index in [0.29, 0.717) is 18.3 Å². The molecule has 158 valence electrons. The number of piperidine rings is 1. The molecule has 3 heterocycles. The van der Waals surface area contributed by atoms with Crippen LogP contribution in [0.1, 0.15) is 41.6 Å². The van der Waals surface area contributed by atoms with Crippen molar-refractivity contribution in [1.29, 1.82) is 0 Å². The zero-order chi connectivity index (χ0) is 18.6. The lowest BCUT2D eigenvalue weighted by molar-refractivity contribution is 0.0947. The van der Waals surface area contributed by atoms with Crippen molar-refractivity contribution < 1.29 is 4.79 Å². The smallest absolute Gasteiger partial charge is 0.273 e. The number of amides is 1. The first-order valence-electron chi connectivity index (χ1n) is 9.55. The summed E-state index contributed by atoms with van der Waals surface area (Å²) in [5, 5.41) is 14.5. The molecular formula is C19H27Cl2N7O. The van der Waals surface area contributed by atoms with Gasteiger partial charge in [0.15, 0.2) is 5.69 Å². The number of aromatic nitrogens is 5. The van der Waals surface area contributed by atoms with Crippen molar-refractivity contribution in [2.24, 2.45) is 0 Å². The molecule has 10 heteroatoms. The Labute approximate surface area is 182 Å².